The highest BCUT2D eigenvalue weighted by molar-refractivity contribution is 5.90. The Morgan fingerprint density at radius 1 is 1.50 bits per heavy atom. The predicted molar refractivity (Wildman–Crippen MR) is 72.1 cm³/mol. The predicted octanol–water partition coefficient (Wildman–Crippen LogP) is 1.50. The van der Waals surface area contributed by atoms with E-state index in [2.05, 4.69) is 0 Å². The summed E-state index contributed by atoms with van der Waals surface area (Å²) in [6, 6.07) is 3.77. The first-order valence-corrected chi connectivity index (χ1v) is 6.35. The number of piperidine rings is 1. The average molecular weight is 280 g/mol. The van der Waals surface area contributed by atoms with E-state index in [1.165, 1.54) is 18.2 Å². The minimum atomic E-state index is -1.12. The smallest absolute Gasteiger partial charge is 0.335 e. The van der Waals surface area contributed by atoms with Crippen molar-refractivity contribution in [3.05, 3.63) is 33.9 Å². The van der Waals surface area contributed by atoms with Gasteiger partial charge in [-0.2, -0.15) is 0 Å². The summed E-state index contributed by atoms with van der Waals surface area (Å²) < 4.78 is 0. The van der Waals surface area contributed by atoms with Gasteiger partial charge in [0, 0.05) is 19.2 Å². The Balaban J connectivity index is 2.39. The van der Waals surface area contributed by atoms with E-state index in [0.29, 0.717) is 25.2 Å². The second-order valence-electron chi connectivity index (χ2n) is 5.05. The van der Waals surface area contributed by atoms with Gasteiger partial charge in [0.25, 0.3) is 5.69 Å². The molecule has 0 amide bonds. The Bertz CT molecular complexity index is 546. The van der Waals surface area contributed by atoms with Crippen molar-refractivity contribution in [1.82, 2.24) is 0 Å². The summed E-state index contributed by atoms with van der Waals surface area (Å²) >= 11 is 0. The highest BCUT2D eigenvalue weighted by Gasteiger charge is 2.29. The number of hydrogen-bond donors (Lipinski definition) is 2. The molecule has 20 heavy (non-hydrogen) atoms. The second-order valence-corrected chi connectivity index (χ2v) is 5.05. The van der Waals surface area contributed by atoms with Gasteiger partial charge in [-0.3, -0.25) is 10.1 Å². The zero-order chi connectivity index (χ0) is 14.9. The first-order chi connectivity index (χ1) is 9.40. The van der Waals surface area contributed by atoms with Crippen LogP contribution in [0, 0.1) is 16.0 Å². The second kappa shape index (κ2) is 5.46. The number of carboxylic acids is 1. The van der Waals surface area contributed by atoms with Crippen molar-refractivity contribution in [2.24, 2.45) is 5.92 Å². The van der Waals surface area contributed by atoms with Crippen LogP contribution in [-0.4, -0.2) is 40.3 Å². The summed E-state index contributed by atoms with van der Waals surface area (Å²) in [5.41, 5.74) is 0.205. The maximum Gasteiger partial charge on any atom is 0.335 e. The van der Waals surface area contributed by atoms with Crippen molar-refractivity contribution in [3.63, 3.8) is 0 Å². The molecule has 0 aromatic heterocycles. The van der Waals surface area contributed by atoms with E-state index in [4.69, 9.17) is 5.11 Å². The summed E-state index contributed by atoms with van der Waals surface area (Å²) in [5.74, 6) is -1.14. The largest absolute Gasteiger partial charge is 0.478 e. The number of carbonyl (C=O) groups is 1. The standard InChI is InChI=1S/C13H16N2O5/c1-8-7-14(5-4-12(8)16)11-6-9(13(17)18)2-3-10(11)15(19)20/h2-3,6,8,12,16H,4-5,7H2,1H3,(H,17,18). The molecule has 0 saturated carbocycles. The zero-order valence-electron chi connectivity index (χ0n) is 11.0. The minimum Gasteiger partial charge on any atom is -0.478 e. The van der Waals surface area contributed by atoms with Gasteiger partial charge in [-0.05, 0) is 24.5 Å². The Kier molecular flexibility index (Phi) is 3.89. The molecule has 7 nitrogen and oxygen atoms in total. The van der Waals surface area contributed by atoms with Crippen LogP contribution in [0.1, 0.15) is 23.7 Å². The van der Waals surface area contributed by atoms with Gasteiger partial charge in [-0.1, -0.05) is 6.92 Å². The van der Waals surface area contributed by atoms with E-state index < -0.39 is 17.0 Å². The third kappa shape index (κ3) is 2.72. The molecule has 0 bridgehead atoms. The van der Waals surface area contributed by atoms with Crippen LogP contribution in [0.25, 0.3) is 0 Å². The lowest BCUT2D eigenvalue weighted by Gasteiger charge is -2.35. The number of nitro groups is 1. The molecule has 1 aliphatic heterocycles. The van der Waals surface area contributed by atoms with Gasteiger partial charge in [0.05, 0.1) is 16.6 Å². The number of aliphatic hydroxyl groups is 1. The number of rotatable bonds is 3. The molecule has 2 rings (SSSR count). The molecule has 1 fully saturated rings. The van der Waals surface area contributed by atoms with Gasteiger partial charge in [0.15, 0.2) is 0 Å². The number of hydrogen-bond acceptors (Lipinski definition) is 5. The Morgan fingerprint density at radius 3 is 2.75 bits per heavy atom. The third-order valence-electron chi connectivity index (χ3n) is 3.62. The van der Waals surface area contributed by atoms with E-state index in [0.717, 1.165) is 0 Å². The van der Waals surface area contributed by atoms with E-state index in [1.807, 2.05) is 6.92 Å². The topological polar surface area (TPSA) is 104 Å². The minimum absolute atomic E-state index is 0.0168. The fourth-order valence-electron chi connectivity index (χ4n) is 2.42. The van der Waals surface area contributed by atoms with Crippen molar-refractivity contribution < 1.29 is 19.9 Å². The van der Waals surface area contributed by atoms with Gasteiger partial charge in [-0.25, -0.2) is 4.79 Å². The molecule has 1 heterocycles. The summed E-state index contributed by atoms with van der Waals surface area (Å²) in [4.78, 5) is 23.3. The van der Waals surface area contributed by atoms with Crippen molar-refractivity contribution in [2.45, 2.75) is 19.4 Å². The Labute approximate surface area is 115 Å². The molecule has 2 atom stereocenters. The molecule has 0 aliphatic carbocycles. The molecule has 0 radical (unpaired) electrons. The quantitative estimate of drug-likeness (QED) is 0.642. The van der Waals surface area contributed by atoms with Crippen LogP contribution in [0.2, 0.25) is 0 Å². The van der Waals surface area contributed by atoms with Gasteiger partial charge in [0.1, 0.15) is 5.69 Å². The molecule has 1 aromatic carbocycles. The summed E-state index contributed by atoms with van der Waals surface area (Å²) in [6.07, 6.45) is 0.0864. The molecular weight excluding hydrogens is 264 g/mol. The van der Waals surface area contributed by atoms with Gasteiger partial charge < -0.3 is 15.1 Å². The molecule has 108 valence electrons. The van der Waals surface area contributed by atoms with Crippen LogP contribution in [0.15, 0.2) is 18.2 Å². The molecule has 2 unspecified atom stereocenters. The molecule has 1 saturated heterocycles. The van der Waals surface area contributed by atoms with Crippen molar-refractivity contribution in [1.29, 1.82) is 0 Å². The van der Waals surface area contributed by atoms with E-state index in [1.54, 1.807) is 4.90 Å². The Morgan fingerprint density at radius 2 is 2.20 bits per heavy atom. The maximum absolute atomic E-state index is 11.1. The van der Waals surface area contributed by atoms with Crippen LogP contribution >= 0.6 is 0 Å². The van der Waals surface area contributed by atoms with Gasteiger partial charge >= 0.3 is 5.97 Å². The van der Waals surface area contributed by atoms with E-state index in [9.17, 15) is 20.0 Å². The highest BCUT2D eigenvalue weighted by Crippen LogP contribution is 2.32. The molecule has 7 heteroatoms. The number of nitro benzene ring substituents is 1. The SMILES string of the molecule is CC1CN(c2cc(C(=O)O)ccc2[N+](=O)[O-])CCC1O. The monoisotopic (exact) mass is 280 g/mol. The van der Waals surface area contributed by atoms with Crippen LogP contribution in [0.3, 0.4) is 0 Å². The lowest BCUT2D eigenvalue weighted by atomic mass is 9.96. The lowest BCUT2D eigenvalue weighted by Crippen LogP contribution is -2.42. The fraction of sp³-hybridized carbons (Fsp3) is 0.462. The van der Waals surface area contributed by atoms with Crippen molar-refractivity contribution in [2.75, 3.05) is 18.0 Å². The molecule has 1 aromatic rings. The van der Waals surface area contributed by atoms with Gasteiger partial charge in [0.2, 0.25) is 0 Å². The summed E-state index contributed by atoms with van der Waals surface area (Å²) in [7, 11) is 0. The highest BCUT2D eigenvalue weighted by atomic mass is 16.6. The maximum atomic E-state index is 11.1. The number of nitrogens with zero attached hydrogens (tertiary/aromatic N) is 2. The third-order valence-corrected chi connectivity index (χ3v) is 3.62. The fourth-order valence-corrected chi connectivity index (χ4v) is 2.42. The van der Waals surface area contributed by atoms with Gasteiger partial charge in [-0.15, -0.1) is 0 Å². The average Bonchev–Trinajstić information content (AvgIpc) is 2.41. The van der Waals surface area contributed by atoms with E-state index in [-0.39, 0.29) is 17.2 Å². The molecular formula is C13H16N2O5. The normalized spacial score (nSPS) is 22.6. The Hall–Kier alpha value is -2.15. The van der Waals surface area contributed by atoms with E-state index >= 15 is 0 Å². The summed E-state index contributed by atoms with van der Waals surface area (Å²) in [5, 5.41) is 29.8. The van der Waals surface area contributed by atoms with Crippen LogP contribution in [0.5, 0.6) is 0 Å². The number of aliphatic hydroxyl groups excluding tert-OH is 1. The number of carboxylic acid groups (broad SMARTS) is 1. The first kappa shape index (κ1) is 14.3. The molecule has 1 aliphatic rings. The number of anilines is 1. The van der Waals surface area contributed by atoms with Crippen molar-refractivity contribution in [3.8, 4) is 0 Å². The molecule has 2 N–H and O–H groups in total. The van der Waals surface area contributed by atoms with Crippen LogP contribution < -0.4 is 4.90 Å². The lowest BCUT2D eigenvalue weighted by molar-refractivity contribution is -0.384. The van der Waals surface area contributed by atoms with Crippen LogP contribution in [-0.2, 0) is 0 Å². The number of benzene rings is 1. The number of aromatic carboxylic acids is 1. The zero-order valence-corrected chi connectivity index (χ0v) is 11.0. The molecule has 0 spiro atoms. The van der Waals surface area contributed by atoms with Crippen molar-refractivity contribution >= 4 is 17.3 Å². The van der Waals surface area contributed by atoms with Crippen LogP contribution in [0.4, 0.5) is 11.4 Å². The summed E-state index contributed by atoms with van der Waals surface area (Å²) in [6.45, 7) is 2.80. The first-order valence-electron chi connectivity index (χ1n) is 6.35.